The Morgan fingerprint density at radius 3 is 2.45 bits per heavy atom. The van der Waals surface area contributed by atoms with Gasteiger partial charge in [-0.25, -0.2) is 8.78 Å². The third-order valence-electron chi connectivity index (χ3n) is 2.53. The van der Waals surface area contributed by atoms with Gasteiger partial charge < -0.3 is 5.32 Å². The number of hydrogen-bond acceptors (Lipinski definition) is 2. The predicted octanol–water partition coefficient (Wildman–Crippen LogP) is 4.43. The van der Waals surface area contributed by atoms with Gasteiger partial charge in [-0.05, 0) is 42.5 Å². The molecule has 102 valence electrons. The monoisotopic (exact) mass is 293 g/mol. The maximum Gasteiger partial charge on any atom is 0.187 e. The summed E-state index contributed by atoms with van der Waals surface area (Å²) in [7, 11) is 0. The van der Waals surface area contributed by atoms with E-state index in [0.29, 0.717) is 11.3 Å². The summed E-state index contributed by atoms with van der Waals surface area (Å²) < 4.78 is 25.6. The van der Waals surface area contributed by atoms with Crippen LogP contribution in [-0.2, 0) is 0 Å². The number of carbonyl (C=O) groups excluding carboxylic acids is 1. The Hall–Kier alpha value is -2.20. The molecule has 0 saturated carbocycles. The van der Waals surface area contributed by atoms with Gasteiger partial charge in [0.25, 0.3) is 0 Å². The zero-order chi connectivity index (χ0) is 14.5. The summed E-state index contributed by atoms with van der Waals surface area (Å²) in [4.78, 5) is 11.7. The van der Waals surface area contributed by atoms with Crippen molar-refractivity contribution < 1.29 is 13.6 Å². The Morgan fingerprint density at radius 2 is 1.80 bits per heavy atom. The Morgan fingerprint density at radius 1 is 1.10 bits per heavy atom. The zero-order valence-corrected chi connectivity index (χ0v) is 11.0. The molecule has 0 amide bonds. The van der Waals surface area contributed by atoms with E-state index >= 15 is 0 Å². The molecule has 0 aliphatic carbocycles. The van der Waals surface area contributed by atoms with Crippen LogP contribution in [0.5, 0.6) is 0 Å². The van der Waals surface area contributed by atoms with Crippen LogP contribution in [0.15, 0.2) is 54.7 Å². The molecule has 0 bridgehead atoms. The number of benzene rings is 2. The van der Waals surface area contributed by atoms with Crippen molar-refractivity contribution in [3.63, 3.8) is 0 Å². The molecule has 0 heterocycles. The minimum absolute atomic E-state index is 0.00624. The van der Waals surface area contributed by atoms with Crippen LogP contribution in [0, 0.1) is 11.6 Å². The molecule has 0 aliphatic rings. The molecular formula is C15H10ClF2NO. The highest BCUT2D eigenvalue weighted by Gasteiger charge is 2.02. The van der Waals surface area contributed by atoms with E-state index in [2.05, 4.69) is 5.32 Å². The van der Waals surface area contributed by atoms with Crippen LogP contribution in [0.4, 0.5) is 14.5 Å². The second-order valence-electron chi connectivity index (χ2n) is 3.98. The smallest absolute Gasteiger partial charge is 0.187 e. The molecule has 2 nitrogen and oxygen atoms in total. The third kappa shape index (κ3) is 3.65. The summed E-state index contributed by atoms with van der Waals surface area (Å²) in [5.41, 5.74) is 0.932. The first-order valence-corrected chi connectivity index (χ1v) is 6.12. The van der Waals surface area contributed by atoms with Crippen LogP contribution < -0.4 is 5.32 Å². The summed E-state index contributed by atoms with van der Waals surface area (Å²) >= 11 is 5.62. The predicted molar refractivity (Wildman–Crippen MR) is 74.9 cm³/mol. The topological polar surface area (TPSA) is 29.1 Å². The normalized spacial score (nSPS) is 10.8. The van der Waals surface area contributed by atoms with Crippen molar-refractivity contribution in [2.45, 2.75) is 0 Å². The van der Waals surface area contributed by atoms with E-state index in [1.165, 1.54) is 54.7 Å². The molecular weight excluding hydrogens is 284 g/mol. The van der Waals surface area contributed by atoms with Gasteiger partial charge in [-0.2, -0.15) is 0 Å². The largest absolute Gasteiger partial charge is 0.361 e. The first-order valence-electron chi connectivity index (χ1n) is 5.74. The highest BCUT2D eigenvalue weighted by Crippen LogP contribution is 2.19. The lowest BCUT2D eigenvalue weighted by atomic mass is 10.1. The second-order valence-corrected chi connectivity index (χ2v) is 4.38. The number of rotatable bonds is 4. The van der Waals surface area contributed by atoms with E-state index in [4.69, 9.17) is 11.6 Å². The molecule has 0 radical (unpaired) electrons. The van der Waals surface area contributed by atoms with Gasteiger partial charge in [0.15, 0.2) is 5.78 Å². The summed E-state index contributed by atoms with van der Waals surface area (Å²) in [6.07, 6.45) is 2.71. The van der Waals surface area contributed by atoms with Crippen molar-refractivity contribution in [1.29, 1.82) is 0 Å². The molecule has 0 unspecified atom stereocenters. The lowest BCUT2D eigenvalue weighted by Gasteiger charge is -2.01. The lowest BCUT2D eigenvalue weighted by Crippen LogP contribution is -1.96. The molecule has 2 aromatic rings. The van der Waals surface area contributed by atoms with Crippen LogP contribution in [-0.4, -0.2) is 5.78 Å². The molecule has 2 rings (SSSR count). The minimum atomic E-state index is -0.511. The van der Waals surface area contributed by atoms with Crippen molar-refractivity contribution in [3.05, 3.63) is 77.0 Å². The molecule has 0 aliphatic heterocycles. The average molecular weight is 294 g/mol. The molecule has 5 heteroatoms. The molecule has 0 aromatic heterocycles. The Bertz CT molecular complexity index is 653. The van der Waals surface area contributed by atoms with E-state index in [0.717, 1.165) is 0 Å². The van der Waals surface area contributed by atoms with Gasteiger partial charge in [-0.15, -0.1) is 0 Å². The van der Waals surface area contributed by atoms with Gasteiger partial charge in [0.2, 0.25) is 0 Å². The second kappa shape index (κ2) is 6.30. The quantitative estimate of drug-likeness (QED) is 0.667. The Balaban J connectivity index is 2.00. The van der Waals surface area contributed by atoms with Crippen LogP contribution in [0.3, 0.4) is 0 Å². The van der Waals surface area contributed by atoms with Gasteiger partial charge in [0, 0.05) is 23.5 Å². The maximum atomic E-state index is 12.9. The molecule has 1 N–H and O–H groups in total. The first kappa shape index (κ1) is 14.2. The first-order chi connectivity index (χ1) is 9.56. The summed E-state index contributed by atoms with van der Waals surface area (Å²) in [5, 5.41) is 2.79. The van der Waals surface area contributed by atoms with E-state index < -0.39 is 11.6 Å². The van der Waals surface area contributed by atoms with Gasteiger partial charge in [0.1, 0.15) is 11.6 Å². The van der Waals surface area contributed by atoms with Gasteiger partial charge in [0.05, 0.1) is 5.02 Å². The van der Waals surface area contributed by atoms with Crippen LogP contribution >= 0.6 is 11.6 Å². The standard InChI is InChI=1S/C15H10ClF2NO/c16-13-9-12(5-6-14(13)18)19-8-7-15(20)10-1-3-11(17)4-2-10/h1-9,19H. The number of anilines is 1. The van der Waals surface area contributed by atoms with Crippen molar-refractivity contribution in [2.75, 3.05) is 5.32 Å². The van der Waals surface area contributed by atoms with Crippen molar-refractivity contribution in [3.8, 4) is 0 Å². The van der Waals surface area contributed by atoms with E-state index in [1.54, 1.807) is 0 Å². The number of allylic oxidation sites excluding steroid dienone is 1. The SMILES string of the molecule is O=C(C=CNc1ccc(F)c(Cl)c1)c1ccc(F)cc1. The number of halogens is 3. The van der Waals surface area contributed by atoms with Crippen LogP contribution in [0.1, 0.15) is 10.4 Å². The van der Waals surface area contributed by atoms with Crippen molar-refractivity contribution in [1.82, 2.24) is 0 Å². The Labute approximate surface area is 119 Å². The third-order valence-corrected chi connectivity index (χ3v) is 2.82. The molecule has 0 fully saturated rings. The highest BCUT2D eigenvalue weighted by atomic mass is 35.5. The van der Waals surface area contributed by atoms with E-state index in [-0.39, 0.29) is 10.8 Å². The molecule has 2 aromatic carbocycles. The lowest BCUT2D eigenvalue weighted by molar-refractivity contribution is 0.104. The number of hydrogen-bond donors (Lipinski definition) is 1. The summed E-state index contributed by atoms with van der Waals surface area (Å²) in [6.45, 7) is 0. The highest BCUT2D eigenvalue weighted by molar-refractivity contribution is 6.31. The molecule has 20 heavy (non-hydrogen) atoms. The van der Waals surface area contributed by atoms with Gasteiger partial charge in [-0.1, -0.05) is 11.6 Å². The number of ketones is 1. The fourth-order valence-corrected chi connectivity index (χ4v) is 1.69. The van der Waals surface area contributed by atoms with Crippen molar-refractivity contribution in [2.24, 2.45) is 0 Å². The molecule has 0 atom stereocenters. The maximum absolute atomic E-state index is 12.9. The fourth-order valence-electron chi connectivity index (χ4n) is 1.51. The number of nitrogens with one attached hydrogen (secondary N) is 1. The summed E-state index contributed by atoms with van der Waals surface area (Å²) in [6, 6.07) is 9.36. The molecule has 0 spiro atoms. The minimum Gasteiger partial charge on any atom is -0.361 e. The molecule has 0 saturated heterocycles. The van der Waals surface area contributed by atoms with E-state index in [9.17, 15) is 13.6 Å². The average Bonchev–Trinajstić information content (AvgIpc) is 2.43. The van der Waals surface area contributed by atoms with Gasteiger partial charge >= 0.3 is 0 Å². The van der Waals surface area contributed by atoms with Crippen LogP contribution in [0.2, 0.25) is 5.02 Å². The summed E-state index contributed by atoms with van der Waals surface area (Å²) in [5.74, 6) is -1.18. The Kier molecular flexibility index (Phi) is 4.48. The van der Waals surface area contributed by atoms with Gasteiger partial charge in [-0.3, -0.25) is 4.79 Å². The fraction of sp³-hybridized carbons (Fsp3) is 0. The number of carbonyl (C=O) groups is 1. The van der Waals surface area contributed by atoms with Crippen LogP contribution in [0.25, 0.3) is 0 Å². The van der Waals surface area contributed by atoms with Crippen molar-refractivity contribution >= 4 is 23.1 Å². The van der Waals surface area contributed by atoms with E-state index in [1.807, 2.05) is 0 Å². The zero-order valence-electron chi connectivity index (χ0n) is 10.2.